The minimum Gasteiger partial charge on any atom is -0.355 e. The van der Waals surface area contributed by atoms with Gasteiger partial charge in [-0.15, -0.1) is 24.0 Å². The highest BCUT2D eigenvalue weighted by molar-refractivity contribution is 14.0. The number of sulfone groups is 1. The average Bonchev–Trinajstić information content (AvgIpc) is 2.55. The predicted molar refractivity (Wildman–Crippen MR) is 120 cm³/mol. The van der Waals surface area contributed by atoms with Gasteiger partial charge in [-0.3, -0.25) is 4.99 Å². The highest BCUT2D eigenvalue weighted by Crippen LogP contribution is 2.09. The second-order valence-electron chi connectivity index (χ2n) is 6.17. The summed E-state index contributed by atoms with van der Waals surface area (Å²) in [5.41, 5.74) is 0.991. The Labute approximate surface area is 179 Å². The molecule has 1 atom stereocenters. The van der Waals surface area contributed by atoms with Crippen LogP contribution in [0.25, 0.3) is 0 Å². The molecule has 0 saturated heterocycles. The van der Waals surface area contributed by atoms with Gasteiger partial charge < -0.3 is 10.6 Å². The second-order valence-corrected chi connectivity index (χ2v) is 10.2. The van der Waals surface area contributed by atoms with Crippen LogP contribution in [-0.4, -0.2) is 61.0 Å². The number of rotatable bonds is 9. The van der Waals surface area contributed by atoms with Crippen LogP contribution in [0.5, 0.6) is 0 Å². The van der Waals surface area contributed by atoms with Gasteiger partial charge in [0.2, 0.25) is 10.0 Å². The molecular weight excluding hydrogens is 503 g/mol. The third kappa shape index (κ3) is 10.9. The highest BCUT2D eigenvalue weighted by atomic mass is 127. The monoisotopic (exact) mass is 532 g/mol. The van der Waals surface area contributed by atoms with Crippen LogP contribution in [0.3, 0.4) is 0 Å². The molecule has 0 aromatic heterocycles. The molecule has 11 heteroatoms. The molecule has 1 unspecified atom stereocenters. The van der Waals surface area contributed by atoms with Gasteiger partial charge in [-0.05, 0) is 32.4 Å². The van der Waals surface area contributed by atoms with E-state index < -0.39 is 19.9 Å². The van der Waals surface area contributed by atoms with Crippen LogP contribution in [0.4, 0.5) is 0 Å². The summed E-state index contributed by atoms with van der Waals surface area (Å²) in [5, 5.41) is 6.07. The lowest BCUT2D eigenvalue weighted by molar-refractivity contribution is 0.577. The van der Waals surface area contributed by atoms with Gasteiger partial charge in [0, 0.05) is 32.4 Å². The van der Waals surface area contributed by atoms with E-state index in [1.54, 1.807) is 31.3 Å². The van der Waals surface area contributed by atoms with Crippen molar-refractivity contribution in [3.8, 4) is 0 Å². The Morgan fingerprint density at radius 1 is 1.11 bits per heavy atom. The van der Waals surface area contributed by atoms with Crippen LogP contribution in [0.1, 0.15) is 18.9 Å². The summed E-state index contributed by atoms with van der Waals surface area (Å²) < 4.78 is 49.3. The maximum atomic E-state index is 12.2. The molecule has 0 fully saturated rings. The van der Waals surface area contributed by atoms with Crippen molar-refractivity contribution in [3.05, 3.63) is 29.8 Å². The number of nitrogens with one attached hydrogen (secondary N) is 3. The van der Waals surface area contributed by atoms with Crippen LogP contribution in [0, 0.1) is 6.92 Å². The fourth-order valence-electron chi connectivity index (χ4n) is 2.06. The van der Waals surface area contributed by atoms with E-state index in [-0.39, 0.29) is 47.2 Å². The van der Waals surface area contributed by atoms with Crippen molar-refractivity contribution in [2.24, 2.45) is 4.99 Å². The quantitative estimate of drug-likeness (QED) is 0.188. The Kier molecular flexibility index (Phi) is 11.4. The fraction of sp³-hybridized carbons (Fsp3) is 0.562. The van der Waals surface area contributed by atoms with Gasteiger partial charge in [0.05, 0.1) is 10.6 Å². The van der Waals surface area contributed by atoms with Crippen LogP contribution >= 0.6 is 24.0 Å². The van der Waals surface area contributed by atoms with E-state index in [1.807, 2.05) is 13.8 Å². The SMILES string of the molecule is CN=C(NCCNS(=O)(=O)c1ccc(C)cc1)NC(C)CCS(C)(=O)=O.I. The molecule has 0 saturated carbocycles. The molecule has 0 heterocycles. The average molecular weight is 532 g/mol. The first-order valence-electron chi connectivity index (χ1n) is 8.25. The van der Waals surface area contributed by atoms with Gasteiger partial charge in [-0.1, -0.05) is 17.7 Å². The zero-order valence-electron chi connectivity index (χ0n) is 16.0. The number of benzene rings is 1. The lowest BCUT2D eigenvalue weighted by Gasteiger charge is -2.17. The number of nitrogens with zero attached hydrogens (tertiary/aromatic N) is 1. The Morgan fingerprint density at radius 2 is 1.70 bits per heavy atom. The minimum absolute atomic E-state index is 0. The van der Waals surface area contributed by atoms with Crippen molar-refractivity contribution in [2.75, 3.05) is 32.1 Å². The van der Waals surface area contributed by atoms with Crippen molar-refractivity contribution in [3.63, 3.8) is 0 Å². The van der Waals surface area contributed by atoms with Gasteiger partial charge >= 0.3 is 0 Å². The number of guanidine groups is 1. The summed E-state index contributed by atoms with van der Waals surface area (Å²) in [7, 11) is -4.96. The summed E-state index contributed by atoms with van der Waals surface area (Å²) >= 11 is 0. The number of hydrogen-bond donors (Lipinski definition) is 3. The van der Waals surface area contributed by atoms with Crippen LogP contribution < -0.4 is 15.4 Å². The molecule has 3 N–H and O–H groups in total. The summed E-state index contributed by atoms with van der Waals surface area (Å²) in [4.78, 5) is 4.26. The molecule has 156 valence electrons. The molecule has 0 spiro atoms. The second kappa shape index (κ2) is 11.8. The fourth-order valence-corrected chi connectivity index (χ4v) is 3.87. The van der Waals surface area contributed by atoms with Gasteiger partial charge in [0.1, 0.15) is 9.84 Å². The van der Waals surface area contributed by atoms with Crippen molar-refractivity contribution in [1.82, 2.24) is 15.4 Å². The molecule has 0 radical (unpaired) electrons. The standard InChI is InChI=1S/C16H28N4O4S2.HI/c1-13-5-7-15(8-6-13)26(23,24)19-11-10-18-16(17-3)20-14(2)9-12-25(4,21)22;/h5-8,14,19H,9-12H2,1-4H3,(H2,17,18,20);1H. The number of halogens is 1. The third-order valence-electron chi connectivity index (χ3n) is 3.57. The maximum absolute atomic E-state index is 12.2. The number of aliphatic imine (C=N–C) groups is 1. The lowest BCUT2D eigenvalue weighted by atomic mass is 10.2. The summed E-state index contributed by atoms with van der Waals surface area (Å²) in [6.45, 7) is 4.28. The van der Waals surface area contributed by atoms with E-state index in [1.165, 1.54) is 6.26 Å². The molecule has 1 aromatic carbocycles. The summed E-state index contributed by atoms with van der Waals surface area (Å²) in [6, 6.07) is 6.54. The third-order valence-corrected chi connectivity index (χ3v) is 6.02. The number of sulfonamides is 1. The smallest absolute Gasteiger partial charge is 0.240 e. The zero-order chi connectivity index (χ0) is 19.8. The van der Waals surface area contributed by atoms with Crippen molar-refractivity contribution in [1.29, 1.82) is 0 Å². The molecule has 0 aliphatic heterocycles. The van der Waals surface area contributed by atoms with Crippen molar-refractivity contribution >= 4 is 49.8 Å². The maximum Gasteiger partial charge on any atom is 0.240 e. The first kappa shape index (κ1) is 26.1. The largest absolute Gasteiger partial charge is 0.355 e. The molecule has 0 aliphatic rings. The van der Waals surface area contributed by atoms with Gasteiger partial charge in [0.25, 0.3) is 0 Å². The highest BCUT2D eigenvalue weighted by Gasteiger charge is 2.13. The molecule has 0 bridgehead atoms. The summed E-state index contributed by atoms with van der Waals surface area (Å²) in [6.07, 6.45) is 1.66. The first-order chi connectivity index (χ1) is 12.0. The Bertz CT molecular complexity index is 809. The first-order valence-corrected chi connectivity index (χ1v) is 11.8. The lowest BCUT2D eigenvalue weighted by Crippen LogP contribution is -2.45. The number of hydrogen-bond acceptors (Lipinski definition) is 5. The van der Waals surface area contributed by atoms with Crippen molar-refractivity contribution < 1.29 is 16.8 Å². The minimum atomic E-state index is -3.55. The van der Waals surface area contributed by atoms with Crippen molar-refractivity contribution in [2.45, 2.75) is 31.2 Å². The van der Waals surface area contributed by atoms with E-state index in [4.69, 9.17) is 0 Å². The van der Waals surface area contributed by atoms with Gasteiger partial charge in [-0.25, -0.2) is 21.6 Å². The Hall–Kier alpha value is -0.920. The van der Waals surface area contributed by atoms with Crippen LogP contribution in [0.15, 0.2) is 34.2 Å². The van der Waals surface area contributed by atoms with E-state index in [0.717, 1.165) is 5.56 Å². The molecular formula is C16H29IN4O4S2. The molecule has 0 aliphatic carbocycles. The van der Waals surface area contributed by atoms with Crippen LogP contribution in [-0.2, 0) is 19.9 Å². The molecule has 0 amide bonds. The van der Waals surface area contributed by atoms with Gasteiger partial charge in [0.15, 0.2) is 5.96 Å². The Morgan fingerprint density at radius 3 is 2.22 bits per heavy atom. The van der Waals surface area contributed by atoms with Crippen LogP contribution in [0.2, 0.25) is 0 Å². The van der Waals surface area contributed by atoms with E-state index >= 15 is 0 Å². The number of aryl methyl sites for hydroxylation is 1. The molecule has 27 heavy (non-hydrogen) atoms. The molecule has 1 rings (SSSR count). The molecule has 8 nitrogen and oxygen atoms in total. The Balaban J connectivity index is 0.00000676. The van der Waals surface area contributed by atoms with E-state index in [9.17, 15) is 16.8 Å². The zero-order valence-corrected chi connectivity index (χ0v) is 20.0. The van der Waals surface area contributed by atoms with Gasteiger partial charge in [-0.2, -0.15) is 0 Å². The summed E-state index contributed by atoms with van der Waals surface area (Å²) in [5.74, 6) is 0.578. The topological polar surface area (TPSA) is 117 Å². The van der Waals surface area contributed by atoms with E-state index in [0.29, 0.717) is 18.9 Å². The predicted octanol–water partition coefficient (Wildman–Crippen LogP) is 0.880. The normalized spacial score (nSPS) is 13.6. The molecule has 1 aromatic rings. The van der Waals surface area contributed by atoms with E-state index in [2.05, 4.69) is 20.3 Å².